The first-order valence-electron chi connectivity index (χ1n) is 11.0. The molecular formula is C27H26N2O5. The van der Waals surface area contributed by atoms with Gasteiger partial charge in [0.15, 0.2) is 0 Å². The summed E-state index contributed by atoms with van der Waals surface area (Å²) in [6, 6.07) is 22.7. The number of fused-ring (bicyclic) bond motifs is 1. The number of carbonyl (C=O) groups is 2. The van der Waals surface area contributed by atoms with E-state index in [2.05, 4.69) is 10.3 Å². The second kappa shape index (κ2) is 10.6. The van der Waals surface area contributed by atoms with Gasteiger partial charge in [-0.1, -0.05) is 66.7 Å². The first kappa shape index (κ1) is 22.9. The molecule has 0 unspecified atom stereocenters. The van der Waals surface area contributed by atoms with Gasteiger partial charge in [0.25, 0.3) is 0 Å². The zero-order valence-corrected chi connectivity index (χ0v) is 18.8. The molecule has 0 aliphatic heterocycles. The molecule has 4 rings (SSSR count). The SMILES string of the molecule is Cc1[nH]c2cccc(O)c2c1C[C@H](NC(=O)OCc1ccccc1)C(=O)OCc1ccccc1. The molecule has 0 aliphatic rings. The fourth-order valence-corrected chi connectivity index (χ4v) is 3.82. The van der Waals surface area contributed by atoms with Crippen LogP contribution in [-0.4, -0.2) is 28.2 Å². The van der Waals surface area contributed by atoms with E-state index in [1.54, 1.807) is 12.1 Å². The van der Waals surface area contributed by atoms with Gasteiger partial charge in [-0.2, -0.15) is 0 Å². The zero-order valence-electron chi connectivity index (χ0n) is 18.8. The summed E-state index contributed by atoms with van der Waals surface area (Å²) >= 11 is 0. The number of H-pyrrole nitrogens is 1. The van der Waals surface area contributed by atoms with E-state index in [1.165, 1.54) is 0 Å². The maximum absolute atomic E-state index is 13.0. The van der Waals surface area contributed by atoms with Crippen molar-refractivity contribution in [2.45, 2.75) is 32.6 Å². The number of rotatable bonds is 8. The van der Waals surface area contributed by atoms with Crippen molar-refractivity contribution in [3.05, 3.63) is 101 Å². The highest BCUT2D eigenvalue weighted by molar-refractivity contribution is 5.91. The number of phenols is 1. The number of alkyl carbamates (subject to hydrolysis) is 1. The molecule has 0 radical (unpaired) electrons. The van der Waals surface area contributed by atoms with E-state index in [0.717, 1.165) is 27.9 Å². The molecular weight excluding hydrogens is 432 g/mol. The van der Waals surface area contributed by atoms with Crippen LogP contribution in [0.25, 0.3) is 10.9 Å². The van der Waals surface area contributed by atoms with E-state index in [4.69, 9.17) is 9.47 Å². The third-order valence-electron chi connectivity index (χ3n) is 5.54. The monoisotopic (exact) mass is 458 g/mol. The molecule has 0 fully saturated rings. The Balaban J connectivity index is 1.51. The molecule has 7 heteroatoms. The number of phenolic OH excluding ortho intramolecular Hbond substituents is 1. The van der Waals surface area contributed by atoms with E-state index >= 15 is 0 Å². The molecule has 1 amide bonds. The van der Waals surface area contributed by atoms with Crippen molar-refractivity contribution in [1.29, 1.82) is 0 Å². The highest BCUT2D eigenvalue weighted by Crippen LogP contribution is 2.31. The van der Waals surface area contributed by atoms with Gasteiger partial charge in [0.2, 0.25) is 0 Å². The molecule has 4 aromatic rings. The molecule has 0 spiro atoms. The Labute approximate surface area is 197 Å². The smallest absolute Gasteiger partial charge is 0.408 e. The van der Waals surface area contributed by atoms with E-state index in [1.807, 2.05) is 73.7 Å². The molecule has 3 aromatic carbocycles. The van der Waals surface area contributed by atoms with Crippen LogP contribution in [-0.2, 0) is 33.9 Å². The van der Waals surface area contributed by atoms with Gasteiger partial charge in [-0.25, -0.2) is 9.59 Å². The van der Waals surface area contributed by atoms with Gasteiger partial charge < -0.3 is 24.9 Å². The summed E-state index contributed by atoms with van der Waals surface area (Å²) in [6.07, 6.45) is -0.607. The van der Waals surface area contributed by atoms with E-state index in [0.29, 0.717) is 5.39 Å². The molecule has 34 heavy (non-hydrogen) atoms. The van der Waals surface area contributed by atoms with Crippen molar-refractivity contribution in [2.24, 2.45) is 0 Å². The third-order valence-corrected chi connectivity index (χ3v) is 5.54. The standard InChI is InChI=1S/C27H26N2O5/c1-18-21(25-22(28-18)13-8-14-24(25)30)15-23(26(31)33-16-19-9-4-2-5-10-19)29-27(32)34-17-20-11-6-3-7-12-20/h2-14,23,28,30H,15-17H2,1H3,(H,29,32)/t23-/m0/s1. The molecule has 1 heterocycles. The number of aromatic amines is 1. The predicted molar refractivity (Wildman–Crippen MR) is 128 cm³/mol. The van der Waals surface area contributed by atoms with Gasteiger partial charge in [0.05, 0.1) is 0 Å². The molecule has 1 atom stereocenters. The number of hydrogen-bond donors (Lipinski definition) is 3. The largest absolute Gasteiger partial charge is 0.507 e. The molecule has 0 bridgehead atoms. The van der Waals surface area contributed by atoms with Crippen molar-refractivity contribution in [3.63, 3.8) is 0 Å². The molecule has 174 valence electrons. The molecule has 0 saturated heterocycles. The topological polar surface area (TPSA) is 101 Å². The minimum absolute atomic E-state index is 0.0748. The summed E-state index contributed by atoms with van der Waals surface area (Å²) in [5.74, 6) is -0.496. The second-order valence-electron chi connectivity index (χ2n) is 7.98. The minimum atomic E-state index is -1.01. The second-order valence-corrected chi connectivity index (χ2v) is 7.98. The van der Waals surface area contributed by atoms with E-state index in [-0.39, 0.29) is 25.4 Å². The Hall–Kier alpha value is -4.26. The van der Waals surface area contributed by atoms with Gasteiger partial charge in [0, 0.05) is 23.0 Å². The minimum Gasteiger partial charge on any atom is -0.507 e. The third kappa shape index (κ3) is 5.56. The Morgan fingerprint density at radius 3 is 2.15 bits per heavy atom. The first-order valence-corrected chi connectivity index (χ1v) is 11.0. The van der Waals surface area contributed by atoms with Crippen LogP contribution in [0.3, 0.4) is 0 Å². The predicted octanol–water partition coefficient (Wildman–Crippen LogP) is 4.76. The van der Waals surface area contributed by atoms with Crippen LogP contribution in [0.2, 0.25) is 0 Å². The van der Waals surface area contributed by atoms with Gasteiger partial charge in [-0.3, -0.25) is 0 Å². The van der Waals surface area contributed by atoms with Crippen molar-refractivity contribution < 1.29 is 24.2 Å². The summed E-state index contributed by atoms with van der Waals surface area (Å²) in [4.78, 5) is 28.8. The maximum Gasteiger partial charge on any atom is 0.408 e. The molecule has 0 aliphatic carbocycles. The normalized spacial score (nSPS) is 11.7. The Kier molecular flexibility index (Phi) is 7.13. The number of carbonyl (C=O) groups excluding carboxylic acids is 2. The molecule has 7 nitrogen and oxygen atoms in total. The van der Waals surface area contributed by atoms with E-state index in [9.17, 15) is 14.7 Å². The quantitative estimate of drug-likeness (QED) is 0.331. The van der Waals surface area contributed by atoms with Gasteiger partial charge in [-0.05, 0) is 35.7 Å². The van der Waals surface area contributed by atoms with Gasteiger partial charge >= 0.3 is 12.1 Å². The highest BCUT2D eigenvalue weighted by atomic mass is 16.6. The fourth-order valence-electron chi connectivity index (χ4n) is 3.82. The summed E-state index contributed by atoms with van der Waals surface area (Å²) in [5.41, 5.74) is 3.92. The first-order chi connectivity index (χ1) is 16.5. The van der Waals surface area contributed by atoms with Crippen LogP contribution in [0.15, 0.2) is 78.9 Å². The number of ether oxygens (including phenoxy) is 2. The lowest BCUT2D eigenvalue weighted by Crippen LogP contribution is -2.43. The van der Waals surface area contributed by atoms with Crippen LogP contribution in [0.4, 0.5) is 4.79 Å². The van der Waals surface area contributed by atoms with Crippen molar-refractivity contribution in [2.75, 3.05) is 0 Å². The number of aryl methyl sites for hydroxylation is 1. The Bertz CT molecular complexity index is 1270. The number of nitrogens with one attached hydrogen (secondary N) is 2. The van der Waals surface area contributed by atoms with Crippen molar-refractivity contribution in [3.8, 4) is 5.75 Å². The molecule has 3 N–H and O–H groups in total. The summed E-state index contributed by atoms with van der Waals surface area (Å²) in [6.45, 7) is 2.01. The van der Waals surface area contributed by atoms with Crippen molar-refractivity contribution in [1.82, 2.24) is 10.3 Å². The number of amides is 1. The maximum atomic E-state index is 13.0. The average molecular weight is 459 g/mol. The lowest BCUT2D eigenvalue weighted by molar-refractivity contribution is -0.147. The Morgan fingerprint density at radius 2 is 1.50 bits per heavy atom. The Morgan fingerprint density at radius 1 is 0.882 bits per heavy atom. The van der Waals surface area contributed by atoms with Crippen LogP contribution >= 0.6 is 0 Å². The number of aromatic hydroxyl groups is 1. The zero-order chi connectivity index (χ0) is 23.9. The lowest BCUT2D eigenvalue weighted by atomic mass is 10.0. The van der Waals surface area contributed by atoms with Crippen LogP contribution in [0, 0.1) is 6.92 Å². The number of aromatic nitrogens is 1. The van der Waals surface area contributed by atoms with Crippen molar-refractivity contribution >= 4 is 23.0 Å². The van der Waals surface area contributed by atoms with Gasteiger partial charge in [0.1, 0.15) is 25.0 Å². The number of hydrogen-bond acceptors (Lipinski definition) is 5. The summed E-state index contributed by atoms with van der Waals surface area (Å²) in [7, 11) is 0. The van der Waals surface area contributed by atoms with Crippen LogP contribution in [0.1, 0.15) is 22.4 Å². The number of benzene rings is 3. The number of esters is 1. The fraction of sp³-hybridized carbons (Fsp3) is 0.185. The average Bonchev–Trinajstić information content (AvgIpc) is 3.18. The van der Waals surface area contributed by atoms with E-state index < -0.39 is 18.1 Å². The van der Waals surface area contributed by atoms with Crippen LogP contribution < -0.4 is 5.32 Å². The van der Waals surface area contributed by atoms with Gasteiger partial charge in [-0.15, -0.1) is 0 Å². The highest BCUT2D eigenvalue weighted by Gasteiger charge is 2.26. The summed E-state index contributed by atoms with van der Waals surface area (Å²) < 4.78 is 10.8. The lowest BCUT2D eigenvalue weighted by Gasteiger charge is -2.18. The molecule has 0 saturated carbocycles. The summed E-state index contributed by atoms with van der Waals surface area (Å²) in [5, 5.41) is 13.7. The molecule has 1 aromatic heterocycles. The van der Waals surface area contributed by atoms with Crippen LogP contribution in [0.5, 0.6) is 5.75 Å².